The highest BCUT2D eigenvalue weighted by Crippen LogP contribution is 2.26. The summed E-state index contributed by atoms with van der Waals surface area (Å²) in [4.78, 5) is 31.3. The van der Waals surface area contributed by atoms with Crippen LogP contribution in [0.4, 0.5) is 5.69 Å². The maximum Gasteiger partial charge on any atom is 0.337 e. The predicted octanol–water partition coefficient (Wildman–Crippen LogP) is 4.79. The van der Waals surface area contributed by atoms with E-state index in [2.05, 4.69) is 36.3 Å². The topological polar surface area (TPSA) is 97.6 Å². The van der Waals surface area contributed by atoms with Crippen molar-refractivity contribution in [3.05, 3.63) is 63.4 Å². The maximum atomic E-state index is 12.9. The number of benzene rings is 2. The molecule has 1 atom stereocenters. The number of aromatic nitrogens is 2. The fraction of sp³-hybridized carbons (Fsp3) is 0.304. The van der Waals surface area contributed by atoms with E-state index < -0.39 is 5.97 Å². The molecule has 0 saturated carbocycles. The summed E-state index contributed by atoms with van der Waals surface area (Å²) in [5.74, 6) is 0.162. The van der Waals surface area contributed by atoms with Crippen molar-refractivity contribution >= 4 is 45.1 Å². The summed E-state index contributed by atoms with van der Waals surface area (Å²) in [6, 6.07) is 12.3. The number of hydrogen-bond donors (Lipinski definition) is 1. The van der Waals surface area contributed by atoms with Crippen molar-refractivity contribution in [1.82, 2.24) is 15.0 Å². The lowest BCUT2D eigenvalue weighted by atomic mass is 9.97. The van der Waals surface area contributed by atoms with Crippen molar-refractivity contribution in [1.29, 1.82) is 0 Å². The highest BCUT2D eigenvalue weighted by molar-refractivity contribution is 9.10. The number of methoxy groups -OCH3 is 1. The fourth-order valence-electron chi connectivity index (χ4n) is 3.74. The first-order valence-electron chi connectivity index (χ1n) is 10.4. The second kappa shape index (κ2) is 10.5. The number of amides is 1. The van der Waals surface area contributed by atoms with E-state index in [0.29, 0.717) is 41.1 Å². The molecule has 33 heavy (non-hydrogen) atoms. The van der Waals surface area contributed by atoms with Gasteiger partial charge >= 0.3 is 5.97 Å². The molecular formula is C23H22BrClN4O4. The number of hydrogen-bond acceptors (Lipinski definition) is 7. The van der Waals surface area contributed by atoms with Crippen LogP contribution in [0.2, 0.25) is 5.02 Å². The SMILES string of the molecule is COC(=O)c1ccc(Cl)c(NC(=O)C2CCCN(Cc3nc(-c4ccc(Br)cc4)no3)C2)c1. The van der Waals surface area contributed by atoms with Gasteiger partial charge in [0.05, 0.1) is 35.8 Å². The molecule has 0 radical (unpaired) electrons. The zero-order valence-corrected chi connectivity index (χ0v) is 20.2. The summed E-state index contributed by atoms with van der Waals surface area (Å²) in [5, 5.41) is 7.28. The van der Waals surface area contributed by atoms with E-state index in [1.54, 1.807) is 12.1 Å². The Balaban J connectivity index is 1.38. The van der Waals surface area contributed by atoms with E-state index in [0.717, 1.165) is 29.4 Å². The molecule has 0 aliphatic carbocycles. The molecule has 3 aromatic rings. The van der Waals surface area contributed by atoms with Crippen LogP contribution >= 0.6 is 27.5 Å². The summed E-state index contributed by atoms with van der Waals surface area (Å²) in [5.41, 5.74) is 1.58. The van der Waals surface area contributed by atoms with Gasteiger partial charge in [-0.3, -0.25) is 9.69 Å². The number of carbonyl (C=O) groups is 2. The van der Waals surface area contributed by atoms with Gasteiger partial charge < -0.3 is 14.6 Å². The molecule has 0 spiro atoms. The van der Waals surface area contributed by atoms with Crippen LogP contribution in [0.3, 0.4) is 0 Å². The first-order valence-corrected chi connectivity index (χ1v) is 11.6. The lowest BCUT2D eigenvalue weighted by Gasteiger charge is -2.31. The minimum atomic E-state index is -0.493. The minimum Gasteiger partial charge on any atom is -0.465 e. The molecule has 1 saturated heterocycles. The van der Waals surface area contributed by atoms with Gasteiger partial charge in [-0.25, -0.2) is 4.79 Å². The predicted molar refractivity (Wildman–Crippen MR) is 127 cm³/mol. The summed E-state index contributed by atoms with van der Waals surface area (Å²) in [6.07, 6.45) is 1.62. The number of nitrogens with zero attached hydrogens (tertiary/aromatic N) is 3. The molecule has 1 N–H and O–H groups in total. The molecule has 172 valence electrons. The lowest BCUT2D eigenvalue weighted by Crippen LogP contribution is -2.40. The van der Waals surface area contributed by atoms with Crippen LogP contribution in [0.5, 0.6) is 0 Å². The molecule has 1 aliphatic rings. The second-order valence-corrected chi connectivity index (χ2v) is 9.09. The molecule has 1 fully saturated rings. The molecule has 0 bridgehead atoms. The molecule has 1 aliphatic heterocycles. The number of halogens is 2. The number of esters is 1. The monoisotopic (exact) mass is 532 g/mol. The third kappa shape index (κ3) is 5.79. The van der Waals surface area contributed by atoms with E-state index >= 15 is 0 Å². The standard InChI is InChI=1S/C23H22BrClN4O4/c1-32-23(31)15-6-9-18(25)19(11-15)26-22(30)16-3-2-10-29(12-16)13-20-27-21(28-33-20)14-4-7-17(24)8-5-14/h4-9,11,16H,2-3,10,12-13H2,1H3,(H,26,30). The first-order chi connectivity index (χ1) is 15.9. The van der Waals surface area contributed by atoms with Crippen LogP contribution in [0, 0.1) is 5.92 Å². The minimum absolute atomic E-state index is 0.148. The Hall–Kier alpha value is -2.75. The Morgan fingerprint density at radius 1 is 1.27 bits per heavy atom. The van der Waals surface area contributed by atoms with Crippen LogP contribution in [-0.2, 0) is 16.1 Å². The number of carbonyl (C=O) groups excluding carboxylic acids is 2. The van der Waals surface area contributed by atoms with Gasteiger partial charge in [0.2, 0.25) is 17.6 Å². The van der Waals surface area contributed by atoms with E-state index in [4.69, 9.17) is 20.9 Å². The zero-order chi connectivity index (χ0) is 23.4. The molecule has 1 amide bonds. The third-order valence-corrected chi connectivity index (χ3v) is 6.31. The van der Waals surface area contributed by atoms with Gasteiger partial charge in [-0.2, -0.15) is 4.98 Å². The average Bonchev–Trinajstić information content (AvgIpc) is 3.29. The number of anilines is 1. The van der Waals surface area contributed by atoms with Gasteiger partial charge in [-0.05, 0) is 61.9 Å². The molecule has 2 heterocycles. The molecular weight excluding hydrogens is 512 g/mol. The Bertz CT molecular complexity index is 1150. The number of ether oxygens (including phenoxy) is 1. The Morgan fingerprint density at radius 3 is 2.82 bits per heavy atom. The molecule has 8 nitrogen and oxygen atoms in total. The second-order valence-electron chi connectivity index (χ2n) is 7.77. The van der Waals surface area contributed by atoms with Crippen molar-refractivity contribution in [3.63, 3.8) is 0 Å². The quantitative estimate of drug-likeness (QED) is 0.455. The van der Waals surface area contributed by atoms with Crippen molar-refractivity contribution < 1.29 is 18.8 Å². The highest BCUT2D eigenvalue weighted by Gasteiger charge is 2.27. The van der Waals surface area contributed by atoms with Crippen LogP contribution < -0.4 is 5.32 Å². The number of likely N-dealkylation sites (tertiary alicyclic amines) is 1. The van der Waals surface area contributed by atoms with Crippen LogP contribution in [0.25, 0.3) is 11.4 Å². The Labute approximate surface area is 204 Å². The summed E-state index contributed by atoms with van der Waals surface area (Å²) in [6.45, 7) is 1.85. The summed E-state index contributed by atoms with van der Waals surface area (Å²) in [7, 11) is 1.30. The number of nitrogens with one attached hydrogen (secondary N) is 1. The van der Waals surface area contributed by atoms with Gasteiger partial charge in [0.1, 0.15) is 0 Å². The van der Waals surface area contributed by atoms with E-state index in [1.165, 1.54) is 13.2 Å². The molecule has 1 aromatic heterocycles. The van der Waals surface area contributed by atoms with E-state index in [9.17, 15) is 9.59 Å². The Kier molecular flexibility index (Phi) is 7.42. The number of piperidine rings is 1. The van der Waals surface area contributed by atoms with Crippen LogP contribution in [0.15, 0.2) is 51.5 Å². The van der Waals surface area contributed by atoms with E-state index in [1.807, 2.05) is 24.3 Å². The van der Waals surface area contributed by atoms with Crippen LogP contribution in [0.1, 0.15) is 29.1 Å². The molecule has 2 aromatic carbocycles. The van der Waals surface area contributed by atoms with Crippen molar-refractivity contribution in [2.75, 3.05) is 25.5 Å². The average molecular weight is 534 g/mol. The zero-order valence-electron chi connectivity index (χ0n) is 17.9. The van der Waals surface area contributed by atoms with E-state index in [-0.39, 0.29) is 11.8 Å². The molecule has 1 unspecified atom stereocenters. The van der Waals surface area contributed by atoms with Crippen molar-refractivity contribution in [2.24, 2.45) is 5.92 Å². The number of rotatable bonds is 6. The normalized spacial score (nSPS) is 16.4. The van der Waals surface area contributed by atoms with Gasteiger partial charge in [0.25, 0.3) is 0 Å². The summed E-state index contributed by atoms with van der Waals surface area (Å²) < 4.78 is 11.1. The van der Waals surface area contributed by atoms with Gasteiger partial charge in [-0.1, -0.05) is 32.7 Å². The first kappa shape index (κ1) is 23.4. The van der Waals surface area contributed by atoms with Gasteiger partial charge in [0, 0.05) is 16.6 Å². The van der Waals surface area contributed by atoms with Gasteiger partial charge in [-0.15, -0.1) is 0 Å². The maximum absolute atomic E-state index is 12.9. The molecule has 10 heteroatoms. The Morgan fingerprint density at radius 2 is 2.06 bits per heavy atom. The lowest BCUT2D eigenvalue weighted by molar-refractivity contribution is -0.121. The molecule has 4 rings (SSSR count). The summed E-state index contributed by atoms with van der Waals surface area (Å²) >= 11 is 9.63. The third-order valence-electron chi connectivity index (χ3n) is 5.45. The van der Waals surface area contributed by atoms with Crippen LogP contribution in [-0.4, -0.2) is 47.1 Å². The van der Waals surface area contributed by atoms with Crippen molar-refractivity contribution in [3.8, 4) is 11.4 Å². The highest BCUT2D eigenvalue weighted by atomic mass is 79.9. The van der Waals surface area contributed by atoms with Crippen molar-refractivity contribution in [2.45, 2.75) is 19.4 Å². The largest absolute Gasteiger partial charge is 0.465 e. The van der Waals surface area contributed by atoms with Gasteiger partial charge in [0.15, 0.2) is 0 Å². The smallest absolute Gasteiger partial charge is 0.337 e. The fourth-order valence-corrected chi connectivity index (χ4v) is 4.17.